The number of aromatic nitrogens is 2. The number of carbonyl (C=O) groups excluding carboxylic acids is 1. The smallest absolute Gasteiger partial charge is 0.230 e. The third-order valence-corrected chi connectivity index (χ3v) is 5.61. The van der Waals surface area contributed by atoms with Crippen molar-refractivity contribution in [3.05, 3.63) is 18.4 Å². The third kappa shape index (κ3) is 2.73. The molecular weight excluding hydrogens is 302 g/mol. The van der Waals surface area contributed by atoms with Crippen LogP contribution in [0.1, 0.15) is 6.42 Å². The van der Waals surface area contributed by atoms with Crippen molar-refractivity contribution in [2.45, 2.75) is 6.42 Å². The van der Waals surface area contributed by atoms with E-state index in [1.807, 2.05) is 0 Å². The molecular formula is C11H11N3O4S2. The number of nitrogens with one attached hydrogen (secondary N) is 1. The predicted octanol–water partition coefficient (Wildman–Crippen LogP) is 1.17. The lowest BCUT2D eigenvalue weighted by Gasteiger charge is -2.05. The Bertz CT molecular complexity index is 721. The van der Waals surface area contributed by atoms with Gasteiger partial charge in [0.15, 0.2) is 20.6 Å². The van der Waals surface area contributed by atoms with E-state index in [0.29, 0.717) is 22.3 Å². The van der Waals surface area contributed by atoms with Crippen molar-refractivity contribution in [3.63, 3.8) is 0 Å². The molecule has 0 aromatic carbocycles. The summed E-state index contributed by atoms with van der Waals surface area (Å²) in [7, 11) is -3.07. The maximum absolute atomic E-state index is 11.9. The quantitative estimate of drug-likeness (QED) is 0.912. The van der Waals surface area contributed by atoms with E-state index in [4.69, 9.17) is 4.42 Å². The summed E-state index contributed by atoms with van der Waals surface area (Å²) in [5, 5.41) is 11.3. The molecule has 0 aliphatic carbocycles. The van der Waals surface area contributed by atoms with Crippen molar-refractivity contribution in [1.82, 2.24) is 10.2 Å². The monoisotopic (exact) mass is 313 g/mol. The molecule has 1 atom stereocenters. The summed E-state index contributed by atoms with van der Waals surface area (Å²) in [6.45, 7) is 0. The second kappa shape index (κ2) is 4.98. The Balaban J connectivity index is 1.68. The lowest BCUT2D eigenvalue weighted by atomic mass is 10.1. The van der Waals surface area contributed by atoms with E-state index in [0.717, 1.165) is 0 Å². The zero-order valence-corrected chi connectivity index (χ0v) is 11.9. The van der Waals surface area contributed by atoms with Gasteiger partial charge in [-0.05, 0) is 18.6 Å². The number of amides is 1. The SMILES string of the molecule is O=C(Nc1nnc(-c2ccco2)s1)[C@@H]1CCS(=O)(=O)C1. The number of carbonyl (C=O) groups is 1. The molecule has 1 amide bonds. The fourth-order valence-electron chi connectivity index (χ4n) is 1.98. The third-order valence-electron chi connectivity index (χ3n) is 2.99. The lowest BCUT2D eigenvalue weighted by molar-refractivity contribution is -0.119. The molecule has 0 bridgehead atoms. The molecule has 2 aromatic rings. The minimum atomic E-state index is -3.07. The maximum atomic E-state index is 11.9. The van der Waals surface area contributed by atoms with E-state index in [-0.39, 0.29) is 17.4 Å². The van der Waals surface area contributed by atoms with Crippen LogP contribution in [0.15, 0.2) is 22.8 Å². The van der Waals surface area contributed by atoms with Crippen molar-refractivity contribution in [2.24, 2.45) is 5.92 Å². The first-order chi connectivity index (χ1) is 9.53. The molecule has 0 radical (unpaired) electrons. The van der Waals surface area contributed by atoms with Gasteiger partial charge in [-0.2, -0.15) is 0 Å². The van der Waals surface area contributed by atoms with Crippen molar-refractivity contribution in [2.75, 3.05) is 16.8 Å². The summed E-state index contributed by atoms with van der Waals surface area (Å²) in [5.41, 5.74) is 0. The topological polar surface area (TPSA) is 102 Å². The summed E-state index contributed by atoms with van der Waals surface area (Å²) in [4.78, 5) is 11.9. The maximum Gasteiger partial charge on any atom is 0.230 e. The van der Waals surface area contributed by atoms with Crippen LogP contribution in [0.5, 0.6) is 0 Å². The van der Waals surface area contributed by atoms with Gasteiger partial charge in [-0.1, -0.05) is 11.3 Å². The summed E-state index contributed by atoms with van der Waals surface area (Å²) >= 11 is 1.18. The first-order valence-corrected chi connectivity index (χ1v) is 8.56. The van der Waals surface area contributed by atoms with Crippen LogP contribution in [-0.2, 0) is 14.6 Å². The summed E-state index contributed by atoms with van der Waals surface area (Å²) in [6.07, 6.45) is 1.89. The second-order valence-corrected chi connectivity index (χ2v) is 7.69. The van der Waals surface area contributed by atoms with E-state index in [1.165, 1.54) is 17.6 Å². The molecule has 1 fully saturated rings. The van der Waals surface area contributed by atoms with E-state index in [1.54, 1.807) is 12.1 Å². The van der Waals surface area contributed by atoms with Gasteiger partial charge in [-0.15, -0.1) is 10.2 Å². The van der Waals surface area contributed by atoms with Gasteiger partial charge in [0.1, 0.15) is 0 Å². The second-order valence-electron chi connectivity index (χ2n) is 4.48. The summed E-state index contributed by atoms with van der Waals surface area (Å²) in [6, 6.07) is 3.48. The normalized spacial score (nSPS) is 20.9. The van der Waals surface area contributed by atoms with Crippen LogP contribution >= 0.6 is 11.3 Å². The average molecular weight is 313 g/mol. The Hall–Kier alpha value is -1.74. The molecule has 0 spiro atoms. The molecule has 1 aliphatic rings. The van der Waals surface area contributed by atoms with Gasteiger partial charge in [-0.3, -0.25) is 4.79 Å². The van der Waals surface area contributed by atoms with Crippen LogP contribution in [-0.4, -0.2) is 36.0 Å². The zero-order chi connectivity index (χ0) is 14.2. The van der Waals surface area contributed by atoms with E-state index >= 15 is 0 Å². The molecule has 3 heterocycles. The summed E-state index contributed by atoms with van der Waals surface area (Å²) in [5.74, 6) is -0.280. The molecule has 0 saturated carbocycles. The highest BCUT2D eigenvalue weighted by Crippen LogP contribution is 2.27. The Morgan fingerprint density at radius 3 is 2.95 bits per heavy atom. The predicted molar refractivity (Wildman–Crippen MR) is 73.0 cm³/mol. The molecule has 1 aliphatic heterocycles. The first-order valence-electron chi connectivity index (χ1n) is 5.92. The van der Waals surface area contributed by atoms with Gasteiger partial charge in [0, 0.05) is 0 Å². The fraction of sp³-hybridized carbons (Fsp3) is 0.364. The zero-order valence-electron chi connectivity index (χ0n) is 10.3. The largest absolute Gasteiger partial charge is 0.462 e. The first kappa shape index (κ1) is 13.3. The molecule has 20 heavy (non-hydrogen) atoms. The number of anilines is 1. The number of rotatable bonds is 3. The number of hydrogen-bond donors (Lipinski definition) is 1. The number of hydrogen-bond acceptors (Lipinski definition) is 7. The van der Waals surface area contributed by atoms with Gasteiger partial charge in [0.25, 0.3) is 0 Å². The number of nitrogens with zero attached hydrogens (tertiary/aromatic N) is 2. The van der Waals surface area contributed by atoms with Crippen molar-refractivity contribution in [1.29, 1.82) is 0 Å². The standard InChI is InChI=1S/C11H11N3O4S2/c15-9(7-3-5-20(16,17)6-7)12-11-14-13-10(19-11)8-2-1-4-18-8/h1-2,4,7H,3,5-6H2,(H,12,14,15)/t7-/m1/s1. The highest BCUT2D eigenvalue weighted by molar-refractivity contribution is 7.91. The number of sulfone groups is 1. The Morgan fingerprint density at radius 1 is 1.45 bits per heavy atom. The van der Waals surface area contributed by atoms with Gasteiger partial charge in [-0.25, -0.2) is 8.42 Å². The molecule has 1 saturated heterocycles. The molecule has 7 nitrogen and oxygen atoms in total. The molecule has 0 unspecified atom stereocenters. The fourth-order valence-corrected chi connectivity index (χ4v) is 4.44. The van der Waals surface area contributed by atoms with Gasteiger partial charge in [0.2, 0.25) is 11.0 Å². The Morgan fingerprint density at radius 2 is 2.30 bits per heavy atom. The van der Waals surface area contributed by atoms with E-state index in [9.17, 15) is 13.2 Å². The Labute approximate surface area is 118 Å². The van der Waals surface area contributed by atoms with Crippen molar-refractivity contribution < 1.29 is 17.6 Å². The van der Waals surface area contributed by atoms with Crippen molar-refractivity contribution >= 4 is 32.2 Å². The molecule has 1 N–H and O–H groups in total. The van der Waals surface area contributed by atoms with E-state index in [2.05, 4.69) is 15.5 Å². The highest BCUT2D eigenvalue weighted by atomic mass is 32.2. The van der Waals surface area contributed by atoms with Crippen LogP contribution in [0.3, 0.4) is 0 Å². The number of furan rings is 1. The lowest BCUT2D eigenvalue weighted by Crippen LogP contribution is -2.23. The summed E-state index contributed by atoms with van der Waals surface area (Å²) < 4.78 is 27.9. The molecule has 2 aromatic heterocycles. The minimum absolute atomic E-state index is 0.0683. The average Bonchev–Trinajstić information content (AvgIpc) is 3.07. The molecule has 3 rings (SSSR count). The van der Waals surface area contributed by atoms with Crippen LogP contribution in [0, 0.1) is 5.92 Å². The van der Waals surface area contributed by atoms with Crippen LogP contribution < -0.4 is 5.32 Å². The van der Waals surface area contributed by atoms with E-state index < -0.39 is 15.8 Å². The van der Waals surface area contributed by atoms with Crippen molar-refractivity contribution in [3.8, 4) is 10.8 Å². The van der Waals surface area contributed by atoms with Crippen LogP contribution in [0.25, 0.3) is 10.8 Å². The molecule has 106 valence electrons. The van der Waals surface area contributed by atoms with Gasteiger partial charge < -0.3 is 9.73 Å². The van der Waals surface area contributed by atoms with Crippen LogP contribution in [0.4, 0.5) is 5.13 Å². The highest BCUT2D eigenvalue weighted by Gasteiger charge is 2.33. The van der Waals surface area contributed by atoms with Gasteiger partial charge in [0.05, 0.1) is 23.7 Å². The van der Waals surface area contributed by atoms with Crippen LogP contribution in [0.2, 0.25) is 0 Å². The minimum Gasteiger partial charge on any atom is -0.462 e. The Kier molecular flexibility index (Phi) is 3.30. The van der Waals surface area contributed by atoms with Gasteiger partial charge >= 0.3 is 0 Å². The molecule has 9 heteroatoms.